The molecule has 6 heteroatoms. The van der Waals surface area contributed by atoms with E-state index in [1.54, 1.807) is 16.4 Å². The van der Waals surface area contributed by atoms with Crippen molar-refractivity contribution in [3.63, 3.8) is 0 Å². The standard InChI is InChI=1S/C14H21ClN2O2S/c1-3-16-10-11-5-8-13(15)14(9-11)20(18,19)17(4-2)12-6-7-12/h5,8-9,12,16H,3-4,6-7,10H2,1-2H3. The molecular formula is C14H21ClN2O2S. The van der Waals surface area contributed by atoms with E-state index in [0.29, 0.717) is 18.1 Å². The van der Waals surface area contributed by atoms with Gasteiger partial charge in [-0.25, -0.2) is 8.42 Å². The van der Waals surface area contributed by atoms with E-state index in [1.807, 2.05) is 19.9 Å². The predicted molar refractivity (Wildman–Crippen MR) is 81.4 cm³/mol. The fourth-order valence-corrected chi connectivity index (χ4v) is 4.46. The van der Waals surface area contributed by atoms with Crippen molar-refractivity contribution in [1.82, 2.24) is 9.62 Å². The fourth-order valence-electron chi connectivity index (χ4n) is 2.24. The molecule has 0 heterocycles. The molecule has 1 aromatic rings. The van der Waals surface area contributed by atoms with Gasteiger partial charge in [-0.3, -0.25) is 0 Å². The average Bonchev–Trinajstić information content (AvgIpc) is 3.22. The third kappa shape index (κ3) is 3.34. The molecule has 0 aromatic heterocycles. The molecule has 0 amide bonds. The molecule has 4 nitrogen and oxygen atoms in total. The molecule has 0 radical (unpaired) electrons. The molecule has 112 valence electrons. The Labute approximate surface area is 126 Å². The second kappa shape index (κ2) is 6.43. The van der Waals surface area contributed by atoms with Gasteiger partial charge in [-0.2, -0.15) is 4.31 Å². The Morgan fingerprint density at radius 1 is 1.35 bits per heavy atom. The number of hydrogen-bond acceptors (Lipinski definition) is 3. The van der Waals surface area contributed by atoms with E-state index in [9.17, 15) is 8.42 Å². The van der Waals surface area contributed by atoms with Crippen LogP contribution >= 0.6 is 11.6 Å². The maximum atomic E-state index is 12.7. The Hall–Kier alpha value is -0.620. The van der Waals surface area contributed by atoms with Crippen molar-refractivity contribution in [2.45, 2.75) is 44.2 Å². The first-order valence-corrected chi connectivity index (χ1v) is 8.83. The summed E-state index contributed by atoms with van der Waals surface area (Å²) in [4.78, 5) is 0.225. The molecule has 0 unspecified atom stereocenters. The first kappa shape index (κ1) is 15.8. The summed E-state index contributed by atoms with van der Waals surface area (Å²) in [6.45, 7) is 5.85. The number of nitrogens with zero attached hydrogens (tertiary/aromatic N) is 1. The number of halogens is 1. The summed E-state index contributed by atoms with van der Waals surface area (Å²) in [6.07, 6.45) is 1.89. The molecule has 2 rings (SSSR count). The molecule has 0 bridgehead atoms. The third-order valence-corrected chi connectivity index (χ3v) is 5.94. The van der Waals surface area contributed by atoms with E-state index in [-0.39, 0.29) is 10.9 Å². The lowest BCUT2D eigenvalue weighted by atomic mass is 10.2. The Morgan fingerprint density at radius 2 is 2.05 bits per heavy atom. The lowest BCUT2D eigenvalue weighted by Gasteiger charge is -2.21. The number of rotatable bonds is 7. The van der Waals surface area contributed by atoms with Gasteiger partial charge in [0.1, 0.15) is 4.90 Å². The summed E-state index contributed by atoms with van der Waals surface area (Å²) in [7, 11) is -3.49. The summed E-state index contributed by atoms with van der Waals surface area (Å²) in [6, 6.07) is 5.36. The van der Waals surface area contributed by atoms with E-state index in [2.05, 4.69) is 5.32 Å². The minimum atomic E-state index is -3.49. The van der Waals surface area contributed by atoms with Gasteiger partial charge >= 0.3 is 0 Å². The Balaban J connectivity index is 2.34. The summed E-state index contributed by atoms with van der Waals surface area (Å²) in [5.41, 5.74) is 0.932. The second-order valence-corrected chi connectivity index (χ2v) is 7.25. The lowest BCUT2D eigenvalue weighted by molar-refractivity contribution is 0.421. The van der Waals surface area contributed by atoms with Gasteiger partial charge in [-0.05, 0) is 37.1 Å². The summed E-state index contributed by atoms with van der Waals surface area (Å²) in [5.74, 6) is 0. The second-order valence-electron chi connectivity index (χ2n) is 4.98. The number of nitrogens with one attached hydrogen (secondary N) is 1. The minimum absolute atomic E-state index is 0.151. The van der Waals surface area contributed by atoms with Gasteiger partial charge in [-0.1, -0.05) is 31.5 Å². The zero-order chi connectivity index (χ0) is 14.8. The molecule has 1 N–H and O–H groups in total. The first-order chi connectivity index (χ1) is 9.50. The number of hydrogen-bond donors (Lipinski definition) is 1. The quantitative estimate of drug-likeness (QED) is 0.841. The van der Waals surface area contributed by atoms with Gasteiger partial charge in [-0.15, -0.1) is 0 Å². The van der Waals surface area contributed by atoms with Crippen LogP contribution in [0, 0.1) is 0 Å². The Morgan fingerprint density at radius 3 is 2.60 bits per heavy atom. The Kier molecular flexibility index (Phi) is 5.07. The molecule has 1 fully saturated rings. The molecular weight excluding hydrogens is 296 g/mol. The maximum Gasteiger partial charge on any atom is 0.244 e. The first-order valence-electron chi connectivity index (χ1n) is 7.01. The minimum Gasteiger partial charge on any atom is -0.313 e. The van der Waals surface area contributed by atoms with Gasteiger partial charge in [0.15, 0.2) is 0 Å². The summed E-state index contributed by atoms with van der Waals surface area (Å²) < 4.78 is 27.0. The van der Waals surface area contributed by atoms with Crippen LogP contribution in [0.15, 0.2) is 23.1 Å². The van der Waals surface area contributed by atoms with Crippen LogP contribution in [0.25, 0.3) is 0 Å². The van der Waals surface area contributed by atoms with E-state index in [4.69, 9.17) is 11.6 Å². The molecule has 1 saturated carbocycles. The van der Waals surface area contributed by atoms with Gasteiger partial charge in [0.05, 0.1) is 5.02 Å². The molecule has 0 saturated heterocycles. The monoisotopic (exact) mass is 316 g/mol. The van der Waals surface area contributed by atoms with E-state index in [0.717, 1.165) is 24.9 Å². The van der Waals surface area contributed by atoms with E-state index < -0.39 is 10.0 Å². The SMILES string of the molecule is CCNCc1ccc(Cl)c(S(=O)(=O)N(CC)C2CC2)c1. The third-order valence-electron chi connectivity index (χ3n) is 3.43. The lowest BCUT2D eigenvalue weighted by Crippen LogP contribution is -2.33. The van der Waals surface area contributed by atoms with Crippen LogP contribution in [-0.4, -0.2) is 31.9 Å². The molecule has 20 heavy (non-hydrogen) atoms. The highest BCUT2D eigenvalue weighted by Gasteiger charge is 2.37. The molecule has 1 aliphatic rings. The maximum absolute atomic E-state index is 12.7. The van der Waals surface area contributed by atoms with Crippen molar-refractivity contribution < 1.29 is 8.42 Å². The number of benzene rings is 1. The molecule has 1 aliphatic carbocycles. The molecule has 1 aromatic carbocycles. The van der Waals surface area contributed by atoms with Crippen molar-refractivity contribution in [3.05, 3.63) is 28.8 Å². The fraction of sp³-hybridized carbons (Fsp3) is 0.571. The normalized spacial score (nSPS) is 15.8. The van der Waals surface area contributed by atoms with Gasteiger partial charge in [0.2, 0.25) is 10.0 Å². The zero-order valence-corrected chi connectivity index (χ0v) is 13.5. The van der Waals surface area contributed by atoms with Crippen molar-refractivity contribution in [2.24, 2.45) is 0 Å². The van der Waals surface area contributed by atoms with Crippen molar-refractivity contribution >= 4 is 21.6 Å². The molecule has 0 aliphatic heterocycles. The van der Waals surface area contributed by atoms with Crippen LogP contribution in [0.5, 0.6) is 0 Å². The largest absolute Gasteiger partial charge is 0.313 e. The molecule has 0 atom stereocenters. The van der Waals surface area contributed by atoms with Crippen LogP contribution < -0.4 is 5.32 Å². The highest BCUT2D eigenvalue weighted by molar-refractivity contribution is 7.89. The predicted octanol–water partition coefficient (Wildman–Crippen LogP) is 2.62. The average molecular weight is 317 g/mol. The van der Waals surface area contributed by atoms with E-state index >= 15 is 0 Å². The zero-order valence-electron chi connectivity index (χ0n) is 11.9. The van der Waals surface area contributed by atoms with Crippen molar-refractivity contribution in [3.8, 4) is 0 Å². The van der Waals surface area contributed by atoms with Crippen LogP contribution in [0.1, 0.15) is 32.3 Å². The van der Waals surface area contributed by atoms with Crippen LogP contribution in [0.4, 0.5) is 0 Å². The summed E-state index contributed by atoms with van der Waals surface area (Å²) in [5, 5.41) is 3.49. The van der Waals surface area contributed by atoms with Crippen LogP contribution in [-0.2, 0) is 16.6 Å². The highest BCUT2D eigenvalue weighted by atomic mass is 35.5. The van der Waals surface area contributed by atoms with Gasteiger partial charge < -0.3 is 5.32 Å². The topological polar surface area (TPSA) is 49.4 Å². The van der Waals surface area contributed by atoms with Crippen LogP contribution in [0.2, 0.25) is 5.02 Å². The van der Waals surface area contributed by atoms with Crippen molar-refractivity contribution in [1.29, 1.82) is 0 Å². The van der Waals surface area contributed by atoms with Gasteiger partial charge in [0.25, 0.3) is 0 Å². The number of sulfonamides is 1. The van der Waals surface area contributed by atoms with Gasteiger partial charge in [0, 0.05) is 19.1 Å². The van der Waals surface area contributed by atoms with Crippen LogP contribution in [0.3, 0.4) is 0 Å². The van der Waals surface area contributed by atoms with Crippen molar-refractivity contribution in [2.75, 3.05) is 13.1 Å². The highest BCUT2D eigenvalue weighted by Crippen LogP contribution is 2.34. The Bertz CT molecular complexity index is 571. The van der Waals surface area contributed by atoms with E-state index in [1.165, 1.54) is 0 Å². The summed E-state index contributed by atoms with van der Waals surface area (Å²) >= 11 is 6.11. The molecule has 0 spiro atoms. The smallest absolute Gasteiger partial charge is 0.244 e.